The molecule has 1 fully saturated rings. The number of aliphatic carboxylic acids is 1. The summed E-state index contributed by atoms with van der Waals surface area (Å²) in [7, 11) is 0. The number of nitriles is 1. The number of piperidine rings is 1. The first-order valence-corrected chi connectivity index (χ1v) is 9.12. The van der Waals surface area contributed by atoms with Crippen LogP contribution in [0.15, 0.2) is 42.5 Å². The summed E-state index contributed by atoms with van der Waals surface area (Å²) in [4.78, 5) is 8.90. The quantitative estimate of drug-likeness (QED) is 0.647. The summed E-state index contributed by atoms with van der Waals surface area (Å²) in [5, 5.41) is 29.9. The van der Waals surface area contributed by atoms with E-state index in [9.17, 15) is 22.7 Å². The van der Waals surface area contributed by atoms with E-state index in [4.69, 9.17) is 15.2 Å². The summed E-state index contributed by atoms with van der Waals surface area (Å²) in [6, 6.07) is 14.0. The number of halogens is 4. The minimum atomic E-state index is -5.08. The molecular weight excluding hydrogens is 404 g/mol. The number of hydrogen-bond donors (Lipinski definition) is 3. The number of alkyl halides is 3. The molecule has 0 aromatic heterocycles. The van der Waals surface area contributed by atoms with Crippen molar-refractivity contribution in [2.24, 2.45) is 5.92 Å². The molecule has 0 radical (unpaired) electrons. The maximum absolute atomic E-state index is 13.4. The number of rotatable bonds is 3. The number of carboxylic acids is 1. The van der Waals surface area contributed by atoms with Crippen molar-refractivity contribution >= 4 is 5.97 Å². The van der Waals surface area contributed by atoms with E-state index in [-0.39, 0.29) is 11.5 Å². The number of nitrogens with one attached hydrogen (secondary N) is 1. The number of carbonyl (C=O) groups is 1. The second-order valence-electron chi connectivity index (χ2n) is 6.78. The van der Waals surface area contributed by atoms with E-state index < -0.39 is 24.1 Å². The third-order valence-electron chi connectivity index (χ3n) is 4.70. The van der Waals surface area contributed by atoms with Crippen LogP contribution in [-0.2, 0) is 4.79 Å². The lowest BCUT2D eigenvalue weighted by Crippen LogP contribution is -2.33. The van der Waals surface area contributed by atoms with E-state index in [1.807, 2.05) is 30.3 Å². The summed E-state index contributed by atoms with van der Waals surface area (Å²) < 4.78 is 45.1. The number of nitrogens with zero attached hydrogens (tertiary/aromatic N) is 1. The lowest BCUT2D eigenvalue weighted by Gasteiger charge is -2.27. The zero-order chi connectivity index (χ0) is 22.3. The fourth-order valence-electron chi connectivity index (χ4n) is 3.08. The van der Waals surface area contributed by atoms with Gasteiger partial charge in [0.05, 0.1) is 11.7 Å². The number of hydrogen-bond acceptors (Lipinski definition) is 4. The second-order valence-corrected chi connectivity index (χ2v) is 6.78. The molecule has 2 aromatic carbocycles. The molecule has 160 valence electrons. The van der Waals surface area contributed by atoms with Gasteiger partial charge in [-0.05, 0) is 48.2 Å². The van der Waals surface area contributed by atoms with Gasteiger partial charge in [0.25, 0.3) is 0 Å². The molecule has 0 amide bonds. The lowest BCUT2D eigenvalue weighted by atomic mass is 9.89. The minimum Gasteiger partial charge on any atom is -0.475 e. The molecule has 3 N–H and O–H groups in total. The molecule has 1 aliphatic heterocycles. The predicted octanol–water partition coefficient (Wildman–Crippen LogP) is 4.03. The summed E-state index contributed by atoms with van der Waals surface area (Å²) >= 11 is 0. The highest BCUT2D eigenvalue weighted by molar-refractivity contribution is 5.73. The molecule has 2 aromatic rings. The molecule has 0 spiro atoms. The van der Waals surface area contributed by atoms with Gasteiger partial charge in [-0.3, -0.25) is 0 Å². The SMILES string of the molecule is N#Cc1cc(-c2ccc(C(O)C3CCCNC3)cc2)ccc1F.O=C(O)C(F)(F)F. The third kappa shape index (κ3) is 6.27. The Hall–Kier alpha value is -2.96. The molecule has 1 heterocycles. The van der Waals surface area contributed by atoms with Crippen LogP contribution in [-0.4, -0.2) is 35.4 Å². The molecule has 1 aliphatic rings. The summed E-state index contributed by atoms with van der Waals surface area (Å²) in [5.41, 5.74) is 2.63. The highest BCUT2D eigenvalue weighted by Crippen LogP contribution is 2.29. The van der Waals surface area contributed by atoms with Crippen LogP contribution in [0.5, 0.6) is 0 Å². The molecule has 5 nitrogen and oxygen atoms in total. The van der Waals surface area contributed by atoms with Crippen LogP contribution >= 0.6 is 0 Å². The zero-order valence-corrected chi connectivity index (χ0v) is 15.8. The van der Waals surface area contributed by atoms with Crippen LogP contribution in [0.4, 0.5) is 17.6 Å². The third-order valence-corrected chi connectivity index (χ3v) is 4.70. The Balaban J connectivity index is 0.000000396. The van der Waals surface area contributed by atoms with Gasteiger partial charge in [-0.15, -0.1) is 0 Å². The molecule has 2 atom stereocenters. The van der Waals surface area contributed by atoms with Crippen molar-refractivity contribution < 1.29 is 32.6 Å². The van der Waals surface area contributed by atoms with Crippen LogP contribution in [0.3, 0.4) is 0 Å². The van der Waals surface area contributed by atoms with Crippen LogP contribution in [0.2, 0.25) is 0 Å². The highest BCUT2D eigenvalue weighted by atomic mass is 19.4. The maximum Gasteiger partial charge on any atom is 0.490 e. The topological polar surface area (TPSA) is 93.4 Å². The largest absolute Gasteiger partial charge is 0.490 e. The van der Waals surface area contributed by atoms with Crippen molar-refractivity contribution in [1.29, 1.82) is 5.26 Å². The van der Waals surface area contributed by atoms with Gasteiger partial charge in [0.1, 0.15) is 11.9 Å². The lowest BCUT2D eigenvalue weighted by molar-refractivity contribution is -0.192. The van der Waals surface area contributed by atoms with Crippen molar-refractivity contribution in [2.75, 3.05) is 13.1 Å². The molecule has 9 heteroatoms. The van der Waals surface area contributed by atoms with Crippen molar-refractivity contribution in [3.63, 3.8) is 0 Å². The molecule has 1 saturated heterocycles. The molecule has 30 heavy (non-hydrogen) atoms. The fourth-order valence-corrected chi connectivity index (χ4v) is 3.08. The van der Waals surface area contributed by atoms with Gasteiger partial charge in [0.15, 0.2) is 0 Å². The number of carboxylic acid groups (broad SMARTS) is 1. The van der Waals surface area contributed by atoms with Crippen LogP contribution in [0.25, 0.3) is 11.1 Å². The van der Waals surface area contributed by atoms with Crippen LogP contribution in [0, 0.1) is 23.1 Å². The second kappa shape index (κ2) is 10.2. The standard InChI is InChI=1S/C19H19FN2O.C2HF3O2/c20-18-8-7-15(10-17(18)11-21)13-3-5-14(6-4-13)19(23)16-2-1-9-22-12-16;3-2(4,5)1(6)7/h3-8,10,16,19,22-23H,1-2,9,12H2;(H,6,7). The first kappa shape index (κ1) is 23.3. The van der Waals surface area contributed by atoms with Gasteiger partial charge < -0.3 is 15.5 Å². The Morgan fingerprint density at radius 1 is 1.17 bits per heavy atom. The summed E-state index contributed by atoms with van der Waals surface area (Å²) in [6.07, 6.45) is -3.44. The molecule has 2 unspecified atom stereocenters. The molecule has 3 rings (SSSR count). The number of aliphatic hydroxyl groups is 1. The highest BCUT2D eigenvalue weighted by Gasteiger charge is 2.38. The molecular formula is C21H20F4N2O3. The summed E-state index contributed by atoms with van der Waals surface area (Å²) in [5.74, 6) is -3.02. The molecule has 0 bridgehead atoms. The summed E-state index contributed by atoms with van der Waals surface area (Å²) in [6.45, 7) is 1.86. The van der Waals surface area contributed by atoms with Gasteiger partial charge in [-0.1, -0.05) is 30.3 Å². The minimum absolute atomic E-state index is 0.0416. The number of benzene rings is 2. The Kier molecular flexibility index (Phi) is 7.92. The Morgan fingerprint density at radius 3 is 2.27 bits per heavy atom. The van der Waals surface area contributed by atoms with Gasteiger partial charge in [0, 0.05) is 12.5 Å². The monoisotopic (exact) mass is 424 g/mol. The molecule has 0 saturated carbocycles. The van der Waals surface area contributed by atoms with E-state index >= 15 is 0 Å². The normalized spacial score (nSPS) is 17.3. The van der Waals surface area contributed by atoms with Crippen molar-refractivity contribution in [2.45, 2.75) is 25.1 Å². The Labute approximate surface area is 170 Å². The average Bonchev–Trinajstić information content (AvgIpc) is 2.74. The van der Waals surface area contributed by atoms with E-state index in [1.54, 1.807) is 12.1 Å². The van der Waals surface area contributed by atoms with E-state index in [0.29, 0.717) is 0 Å². The van der Waals surface area contributed by atoms with E-state index in [0.717, 1.165) is 42.6 Å². The van der Waals surface area contributed by atoms with Crippen molar-refractivity contribution in [3.8, 4) is 17.2 Å². The smallest absolute Gasteiger partial charge is 0.475 e. The Morgan fingerprint density at radius 2 is 1.77 bits per heavy atom. The van der Waals surface area contributed by atoms with Gasteiger partial charge >= 0.3 is 12.1 Å². The van der Waals surface area contributed by atoms with Crippen LogP contribution in [0.1, 0.15) is 30.1 Å². The first-order valence-electron chi connectivity index (χ1n) is 9.12. The van der Waals surface area contributed by atoms with Gasteiger partial charge in [-0.25, -0.2) is 9.18 Å². The zero-order valence-electron chi connectivity index (χ0n) is 15.8. The maximum atomic E-state index is 13.4. The van der Waals surface area contributed by atoms with Gasteiger partial charge in [0.2, 0.25) is 0 Å². The van der Waals surface area contributed by atoms with Crippen molar-refractivity contribution in [1.82, 2.24) is 5.32 Å². The van der Waals surface area contributed by atoms with E-state index in [1.165, 1.54) is 6.07 Å². The molecule has 0 aliphatic carbocycles. The first-order chi connectivity index (χ1) is 14.1. The van der Waals surface area contributed by atoms with Gasteiger partial charge in [-0.2, -0.15) is 18.4 Å². The van der Waals surface area contributed by atoms with Crippen molar-refractivity contribution in [3.05, 3.63) is 59.4 Å². The fraction of sp³-hybridized carbons (Fsp3) is 0.333. The average molecular weight is 424 g/mol. The van der Waals surface area contributed by atoms with Crippen LogP contribution < -0.4 is 5.32 Å². The Bertz CT molecular complexity index is 902. The predicted molar refractivity (Wildman–Crippen MR) is 101 cm³/mol. The van der Waals surface area contributed by atoms with E-state index in [2.05, 4.69) is 5.32 Å². The number of aliphatic hydroxyl groups excluding tert-OH is 1.